The van der Waals surface area contributed by atoms with Gasteiger partial charge in [0.05, 0.1) is 22.6 Å². The van der Waals surface area contributed by atoms with Crippen molar-refractivity contribution >= 4 is 31.3 Å². The predicted molar refractivity (Wildman–Crippen MR) is 149 cm³/mol. The molecule has 0 saturated heterocycles. The highest BCUT2D eigenvalue weighted by molar-refractivity contribution is 7.91. The highest BCUT2D eigenvalue weighted by Gasteiger charge is 2.17. The lowest BCUT2D eigenvalue weighted by atomic mass is 10.1. The van der Waals surface area contributed by atoms with Gasteiger partial charge in [-0.3, -0.25) is 0 Å². The minimum atomic E-state index is -3.40. The first kappa shape index (κ1) is 24.9. The Morgan fingerprint density at radius 1 is 0.784 bits per heavy atom. The third kappa shape index (κ3) is 5.63. The van der Waals surface area contributed by atoms with Crippen molar-refractivity contribution in [2.75, 3.05) is 19.5 Å². The summed E-state index contributed by atoms with van der Waals surface area (Å²) in [6, 6.07) is 30.1. The van der Waals surface area contributed by atoms with Crippen LogP contribution in [0.25, 0.3) is 20.5 Å². The lowest BCUT2D eigenvalue weighted by Crippen LogP contribution is -2.14. The zero-order valence-corrected chi connectivity index (χ0v) is 22.1. The van der Waals surface area contributed by atoms with E-state index < -0.39 is 9.84 Å². The molecule has 0 unspecified atom stereocenters. The zero-order valence-electron chi connectivity index (χ0n) is 20.5. The standard InChI is InChI=1S/C30H26O5S2/c1-21-10-16-26(17-11-21)37(31,32)19-18-34-23-12-14-24(15-13-23)35-29-27-8-3-4-9-28(27)36-30(29)22-6-5-7-25(20-22)33-2/h3-17,20H,18-19H2,1-2H3. The second-order valence-electron chi connectivity index (χ2n) is 8.54. The molecule has 1 heterocycles. The molecule has 0 bridgehead atoms. The van der Waals surface area contributed by atoms with E-state index in [-0.39, 0.29) is 12.4 Å². The van der Waals surface area contributed by atoms with Gasteiger partial charge in [0.15, 0.2) is 15.6 Å². The molecule has 5 aromatic rings. The number of benzene rings is 4. The van der Waals surface area contributed by atoms with Crippen LogP contribution in [0.5, 0.6) is 23.0 Å². The fourth-order valence-corrected chi connectivity index (χ4v) is 6.15. The van der Waals surface area contributed by atoms with E-state index in [1.807, 2.05) is 55.5 Å². The van der Waals surface area contributed by atoms with Gasteiger partial charge < -0.3 is 14.2 Å². The molecule has 0 fully saturated rings. The number of methoxy groups -OCH3 is 1. The number of ether oxygens (including phenoxy) is 3. The highest BCUT2D eigenvalue weighted by Crippen LogP contribution is 2.46. The van der Waals surface area contributed by atoms with Crippen molar-refractivity contribution in [3.63, 3.8) is 0 Å². The van der Waals surface area contributed by atoms with Crippen LogP contribution in [0, 0.1) is 6.92 Å². The average molecular weight is 531 g/mol. The summed E-state index contributed by atoms with van der Waals surface area (Å²) in [7, 11) is -1.75. The van der Waals surface area contributed by atoms with Crippen LogP contribution in [0.2, 0.25) is 0 Å². The van der Waals surface area contributed by atoms with Crippen molar-refractivity contribution in [2.24, 2.45) is 0 Å². The summed E-state index contributed by atoms with van der Waals surface area (Å²) >= 11 is 1.67. The first-order valence-electron chi connectivity index (χ1n) is 11.8. The maximum absolute atomic E-state index is 12.6. The summed E-state index contributed by atoms with van der Waals surface area (Å²) in [6.07, 6.45) is 0. The molecule has 0 saturated carbocycles. The van der Waals surface area contributed by atoms with Crippen LogP contribution in [-0.2, 0) is 9.84 Å². The van der Waals surface area contributed by atoms with Crippen LogP contribution in [0.3, 0.4) is 0 Å². The molecule has 0 radical (unpaired) electrons. The van der Waals surface area contributed by atoms with Crippen molar-refractivity contribution in [1.82, 2.24) is 0 Å². The number of fused-ring (bicyclic) bond motifs is 1. The number of hydrogen-bond acceptors (Lipinski definition) is 6. The second kappa shape index (κ2) is 10.7. The molecule has 5 rings (SSSR count). The van der Waals surface area contributed by atoms with Crippen molar-refractivity contribution in [3.8, 4) is 33.4 Å². The van der Waals surface area contributed by atoms with Gasteiger partial charge in [0, 0.05) is 10.1 Å². The molecule has 5 nitrogen and oxygen atoms in total. The number of rotatable bonds is 9. The van der Waals surface area contributed by atoms with E-state index in [1.165, 1.54) is 0 Å². The molecule has 0 N–H and O–H groups in total. The van der Waals surface area contributed by atoms with E-state index in [9.17, 15) is 8.42 Å². The highest BCUT2D eigenvalue weighted by atomic mass is 32.2. The van der Waals surface area contributed by atoms with Crippen molar-refractivity contribution in [1.29, 1.82) is 0 Å². The SMILES string of the molecule is COc1cccc(-c2sc3ccccc3c2Oc2ccc(OCCS(=O)(=O)c3ccc(C)cc3)cc2)c1. The first-order valence-corrected chi connectivity index (χ1v) is 14.3. The van der Waals surface area contributed by atoms with E-state index in [0.29, 0.717) is 16.4 Å². The van der Waals surface area contributed by atoms with E-state index in [4.69, 9.17) is 14.2 Å². The Hall–Kier alpha value is -3.81. The molecular formula is C30H26O5S2. The summed E-state index contributed by atoms with van der Waals surface area (Å²) < 4.78 is 43.8. The average Bonchev–Trinajstić information content (AvgIpc) is 3.28. The van der Waals surface area contributed by atoms with Crippen molar-refractivity contribution in [3.05, 3.63) is 103 Å². The van der Waals surface area contributed by atoms with E-state index in [0.717, 1.165) is 37.6 Å². The molecule has 188 valence electrons. The largest absolute Gasteiger partial charge is 0.497 e. The summed E-state index contributed by atoms with van der Waals surface area (Å²) in [5.41, 5.74) is 2.04. The minimum Gasteiger partial charge on any atom is -0.497 e. The van der Waals surface area contributed by atoms with Crippen LogP contribution >= 0.6 is 11.3 Å². The van der Waals surface area contributed by atoms with Crippen LogP contribution in [0.15, 0.2) is 102 Å². The Bertz CT molecular complexity index is 1620. The van der Waals surface area contributed by atoms with Crippen molar-refractivity contribution < 1.29 is 22.6 Å². The lowest BCUT2D eigenvalue weighted by Gasteiger charge is -2.11. The van der Waals surface area contributed by atoms with E-state index in [2.05, 4.69) is 12.1 Å². The Labute approximate surface area is 220 Å². The monoisotopic (exact) mass is 530 g/mol. The van der Waals surface area contributed by atoms with Crippen LogP contribution in [0.4, 0.5) is 0 Å². The second-order valence-corrected chi connectivity index (χ2v) is 11.7. The summed E-state index contributed by atoms with van der Waals surface area (Å²) in [5.74, 6) is 2.71. The molecule has 0 spiro atoms. The summed E-state index contributed by atoms with van der Waals surface area (Å²) in [4.78, 5) is 1.32. The van der Waals surface area contributed by atoms with Gasteiger partial charge in [0.1, 0.15) is 23.9 Å². The fraction of sp³-hybridized carbons (Fsp3) is 0.133. The molecular weight excluding hydrogens is 504 g/mol. The van der Waals surface area contributed by atoms with E-state index in [1.54, 1.807) is 54.8 Å². The minimum absolute atomic E-state index is 0.0611. The van der Waals surface area contributed by atoms with Crippen LogP contribution in [-0.4, -0.2) is 27.9 Å². The molecule has 0 aliphatic heterocycles. The maximum Gasteiger partial charge on any atom is 0.181 e. The Kier molecular flexibility index (Phi) is 7.17. The third-order valence-corrected chi connectivity index (χ3v) is 8.82. The Morgan fingerprint density at radius 2 is 1.51 bits per heavy atom. The maximum atomic E-state index is 12.6. The van der Waals surface area contributed by atoms with Gasteiger partial charge in [-0.05, 0) is 73.2 Å². The van der Waals surface area contributed by atoms with Crippen LogP contribution in [0.1, 0.15) is 5.56 Å². The quantitative estimate of drug-likeness (QED) is 0.197. The Balaban J connectivity index is 1.31. The van der Waals surface area contributed by atoms with Gasteiger partial charge in [0.25, 0.3) is 0 Å². The normalized spacial score (nSPS) is 11.4. The van der Waals surface area contributed by atoms with Gasteiger partial charge in [-0.15, -0.1) is 11.3 Å². The number of sulfone groups is 1. The number of aryl methyl sites for hydroxylation is 1. The molecule has 37 heavy (non-hydrogen) atoms. The van der Waals surface area contributed by atoms with Gasteiger partial charge in [0.2, 0.25) is 0 Å². The molecule has 0 aliphatic carbocycles. The topological polar surface area (TPSA) is 61.8 Å². The predicted octanol–water partition coefficient (Wildman–Crippen LogP) is 7.53. The van der Waals surface area contributed by atoms with Gasteiger partial charge in [-0.25, -0.2) is 8.42 Å². The Morgan fingerprint density at radius 3 is 2.27 bits per heavy atom. The molecule has 0 amide bonds. The smallest absolute Gasteiger partial charge is 0.181 e. The number of thiophene rings is 1. The zero-order chi connectivity index (χ0) is 25.8. The first-order chi connectivity index (χ1) is 17.9. The fourth-order valence-electron chi connectivity index (χ4n) is 3.93. The summed E-state index contributed by atoms with van der Waals surface area (Å²) in [6.45, 7) is 1.99. The van der Waals surface area contributed by atoms with Crippen LogP contribution < -0.4 is 14.2 Å². The number of hydrogen-bond donors (Lipinski definition) is 0. The third-order valence-electron chi connectivity index (χ3n) is 5.93. The van der Waals surface area contributed by atoms with Gasteiger partial charge in [-0.2, -0.15) is 0 Å². The van der Waals surface area contributed by atoms with Crippen molar-refractivity contribution in [2.45, 2.75) is 11.8 Å². The molecule has 1 aromatic heterocycles. The molecule has 0 atom stereocenters. The van der Waals surface area contributed by atoms with Gasteiger partial charge in [-0.1, -0.05) is 42.0 Å². The molecule has 4 aromatic carbocycles. The van der Waals surface area contributed by atoms with Gasteiger partial charge >= 0.3 is 0 Å². The molecule has 7 heteroatoms. The van der Waals surface area contributed by atoms with E-state index >= 15 is 0 Å². The molecule has 0 aliphatic rings. The summed E-state index contributed by atoms with van der Waals surface area (Å²) in [5, 5.41) is 1.03. The lowest BCUT2D eigenvalue weighted by molar-refractivity contribution is 0.340.